The van der Waals surface area contributed by atoms with Gasteiger partial charge in [-0.1, -0.05) is 0 Å². The number of methoxy groups -OCH3 is 1. The van der Waals surface area contributed by atoms with Crippen molar-refractivity contribution in [1.29, 1.82) is 0 Å². The number of rotatable bonds is 5. The number of hydrogen-bond donors (Lipinski definition) is 0. The number of hydrogen-bond acceptors (Lipinski definition) is 7. The smallest absolute Gasteiger partial charge is 0.271 e. The standard InChI is InChI=1S/C23H20FN3O6/c1-33-17-9-8-14(27(31)32)11-16(17)26-22(29)18-15-3-2-10-25(15)20(19(18)23(26)30)21(28)12-4-6-13(24)7-5-12/h4-9,11,15,18-20H,2-3,10H2,1H3. The van der Waals surface area contributed by atoms with Crippen molar-refractivity contribution < 1.29 is 28.4 Å². The van der Waals surface area contributed by atoms with Crippen molar-refractivity contribution in [1.82, 2.24) is 4.90 Å². The van der Waals surface area contributed by atoms with Crippen LogP contribution in [0, 0.1) is 27.8 Å². The van der Waals surface area contributed by atoms with Crippen LogP contribution in [0.1, 0.15) is 23.2 Å². The third-order valence-electron chi connectivity index (χ3n) is 6.86. The molecule has 3 fully saturated rings. The molecule has 3 aliphatic heterocycles. The van der Waals surface area contributed by atoms with E-state index in [-0.39, 0.29) is 34.5 Å². The highest BCUT2D eigenvalue weighted by molar-refractivity contribution is 6.25. The Bertz CT molecular complexity index is 1180. The lowest BCUT2D eigenvalue weighted by molar-refractivity contribution is -0.384. The number of benzene rings is 2. The summed E-state index contributed by atoms with van der Waals surface area (Å²) in [5, 5.41) is 11.3. The summed E-state index contributed by atoms with van der Waals surface area (Å²) in [6.07, 6.45) is 1.44. The van der Waals surface area contributed by atoms with Crippen molar-refractivity contribution >= 4 is 29.0 Å². The van der Waals surface area contributed by atoms with Crippen LogP contribution in [-0.4, -0.2) is 53.2 Å². The summed E-state index contributed by atoms with van der Waals surface area (Å²) in [6, 6.07) is 7.68. The molecule has 3 saturated heterocycles. The molecule has 33 heavy (non-hydrogen) atoms. The Hall–Kier alpha value is -3.66. The van der Waals surface area contributed by atoms with E-state index in [2.05, 4.69) is 0 Å². The maximum absolute atomic E-state index is 13.6. The number of non-ortho nitro benzene ring substituents is 1. The number of ether oxygens (including phenoxy) is 1. The van der Waals surface area contributed by atoms with Crippen molar-refractivity contribution in [2.45, 2.75) is 24.9 Å². The Kier molecular flexibility index (Phi) is 4.97. The minimum atomic E-state index is -0.927. The van der Waals surface area contributed by atoms with Crippen LogP contribution in [0.25, 0.3) is 0 Å². The fourth-order valence-electron chi connectivity index (χ4n) is 5.50. The highest BCUT2D eigenvalue weighted by Gasteiger charge is 2.65. The highest BCUT2D eigenvalue weighted by atomic mass is 19.1. The van der Waals surface area contributed by atoms with E-state index in [1.54, 1.807) is 0 Å². The predicted octanol–water partition coefficient (Wildman–Crippen LogP) is 2.58. The number of Topliss-reactive ketones (excluding diaryl/α,β-unsaturated/α-hetero) is 1. The van der Waals surface area contributed by atoms with E-state index in [0.29, 0.717) is 13.0 Å². The molecule has 2 aromatic rings. The molecular formula is C23H20FN3O6. The van der Waals surface area contributed by atoms with Gasteiger partial charge in [0.15, 0.2) is 5.78 Å². The van der Waals surface area contributed by atoms with Crippen LogP contribution >= 0.6 is 0 Å². The quantitative estimate of drug-likeness (QED) is 0.296. The maximum atomic E-state index is 13.6. The molecule has 9 nitrogen and oxygen atoms in total. The fourth-order valence-corrected chi connectivity index (χ4v) is 5.50. The number of nitro groups is 1. The first-order valence-corrected chi connectivity index (χ1v) is 10.6. The van der Waals surface area contributed by atoms with Gasteiger partial charge >= 0.3 is 0 Å². The second kappa shape index (κ2) is 7.73. The first kappa shape index (κ1) is 21.2. The molecule has 10 heteroatoms. The van der Waals surface area contributed by atoms with Crippen LogP contribution in [0.15, 0.2) is 42.5 Å². The topological polar surface area (TPSA) is 110 Å². The molecule has 0 aliphatic carbocycles. The molecule has 5 rings (SSSR count). The van der Waals surface area contributed by atoms with Crippen LogP contribution in [0.2, 0.25) is 0 Å². The number of imide groups is 1. The molecule has 2 amide bonds. The van der Waals surface area contributed by atoms with Crippen molar-refractivity contribution in [3.8, 4) is 5.75 Å². The van der Waals surface area contributed by atoms with E-state index in [1.165, 1.54) is 43.5 Å². The van der Waals surface area contributed by atoms with Gasteiger partial charge in [0, 0.05) is 23.7 Å². The van der Waals surface area contributed by atoms with Gasteiger partial charge in [-0.15, -0.1) is 0 Å². The van der Waals surface area contributed by atoms with Crippen molar-refractivity contribution in [3.05, 3.63) is 64.0 Å². The average Bonchev–Trinajstić information content (AvgIpc) is 3.45. The van der Waals surface area contributed by atoms with Gasteiger partial charge in [0.1, 0.15) is 17.3 Å². The van der Waals surface area contributed by atoms with Crippen LogP contribution in [0.5, 0.6) is 5.75 Å². The van der Waals surface area contributed by atoms with Gasteiger partial charge in [0.05, 0.1) is 29.9 Å². The number of nitro benzene ring substituents is 1. The second-order valence-corrected chi connectivity index (χ2v) is 8.44. The van der Waals surface area contributed by atoms with Crippen molar-refractivity contribution in [2.75, 3.05) is 18.6 Å². The third kappa shape index (κ3) is 3.12. The van der Waals surface area contributed by atoms with Crippen LogP contribution in [0.3, 0.4) is 0 Å². The number of carbonyl (C=O) groups excluding carboxylic acids is 3. The summed E-state index contributed by atoms with van der Waals surface area (Å²) in [4.78, 5) is 54.1. The molecule has 4 unspecified atom stereocenters. The number of fused-ring (bicyclic) bond motifs is 3. The molecule has 0 radical (unpaired) electrons. The van der Waals surface area contributed by atoms with Crippen LogP contribution < -0.4 is 9.64 Å². The molecule has 0 spiro atoms. The monoisotopic (exact) mass is 453 g/mol. The molecular weight excluding hydrogens is 433 g/mol. The lowest BCUT2D eigenvalue weighted by atomic mass is 9.85. The molecule has 2 aromatic carbocycles. The van der Waals surface area contributed by atoms with Crippen LogP contribution in [-0.2, 0) is 9.59 Å². The Balaban J connectivity index is 1.58. The van der Waals surface area contributed by atoms with Gasteiger partial charge in [-0.2, -0.15) is 0 Å². The summed E-state index contributed by atoms with van der Waals surface area (Å²) in [5.74, 6) is -3.42. The number of carbonyl (C=O) groups is 3. The van der Waals surface area contributed by atoms with Crippen LogP contribution in [0.4, 0.5) is 15.8 Å². The largest absolute Gasteiger partial charge is 0.495 e. The zero-order valence-corrected chi connectivity index (χ0v) is 17.6. The SMILES string of the molecule is COc1ccc([N+](=O)[O-])cc1N1C(=O)C2C(C1=O)C(C(=O)c1ccc(F)cc1)N1CCCC21. The normalized spacial score (nSPS) is 26.4. The van der Waals surface area contributed by atoms with Gasteiger partial charge in [-0.05, 0) is 49.7 Å². The third-order valence-corrected chi connectivity index (χ3v) is 6.86. The molecule has 3 aliphatic rings. The summed E-state index contributed by atoms with van der Waals surface area (Å²) < 4.78 is 18.7. The van der Waals surface area contributed by atoms with Crippen molar-refractivity contribution in [2.24, 2.45) is 11.8 Å². The van der Waals surface area contributed by atoms with Gasteiger partial charge in [0.2, 0.25) is 11.8 Å². The minimum absolute atomic E-state index is 0.00590. The second-order valence-electron chi connectivity index (χ2n) is 8.44. The van der Waals surface area contributed by atoms with E-state index >= 15 is 0 Å². The zero-order chi connectivity index (χ0) is 23.4. The average molecular weight is 453 g/mol. The van der Waals surface area contributed by atoms with Crippen molar-refractivity contribution in [3.63, 3.8) is 0 Å². The number of amides is 2. The van der Waals surface area contributed by atoms with E-state index < -0.39 is 40.4 Å². The van der Waals surface area contributed by atoms with E-state index in [4.69, 9.17) is 4.74 Å². The lowest BCUT2D eigenvalue weighted by Gasteiger charge is -2.28. The summed E-state index contributed by atoms with van der Waals surface area (Å²) >= 11 is 0. The highest BCUT2D eigenvalue weighted by Crippen LogP contribution is 2.50. The molecule has 0 aromatic heterocycles. The van der Waals surface area contributed by atoms with E-state index in [1.807, 2.05) is 4.90 Å². The molecule has 0 N–H and O–H groups in total. The summed E-state index contributed by atoms with van der Waals surface area (Å²) in [6.45, 7) is 0.579. The molecule has 3 heterocycles. The predicted molar refractivity (Wildman–Crippen MR) is 113 cm³/mol. The Labute approximate surface area is 187 Å². The van der Waals surface area contributed by atoms with Gasteiger partial charge < -0.3 is 4.74 Å². The van der Waals surface area contributed by atoms with Gasteiger partial charge in [-0.25, -0.2) is 9.29 Å². The maximum Gasteiger partial charge on any atom is 0.271 e. The Morgan fingerprint density at radius 3 is 2.48 bits per heavy atom. The van der Waals surface area contributed by atoms with E-state index in [0.717, 1.165) is 17.4 Å². The number of anilines is 1. The Morgan fingerprint density at radius 1 is 1.12 bits per heavy atom. The fraction of sp³-hybridized carbons (Fsp3) is 0.348. The molecule has 0 bridgehead atoms. The number of ketones is 1. The zero-order valence-electron chi connectivity index (χ0n) is 17.6. The summed E-state index contributed by atoms with van der Waals surface area (Å²) in [7, 11) is 1.34. The minimum Gasteiger partial charge on any atom is -0.495 e. The molecule has 170 valence electrons. The van der Waals surface area contributed by atoms with E-state index in [9.17, 15) is 28.9 Å². The molecule has 0 saturated carbocycles. The van der Waals surface area contributed by atoms with Gasteiger partial charge in [0.25, 0.3) is 5.69 Å². The first-order valence-electron chi connectivity index (χ1n) is 10.6. The lowest BCUT2D eigenvalue weighted by Crippen LogP contribution is -2.46. The number of nitrogens with zero attached hydrogens (tertiary/aromatic N) is 3. The van der Waals surface area contributed by atoms with Gasteiger partial charge in [-0.3, -0.25) is 29.4 Å². The Morgan fingerprint density at radius 2 is 1.82 bits per heavy atom. The first-order chi connectivity index (χ1) is 15.8. The summed E-state index contributed by atoms with van der Waals surface area (Å²) in [5.41, 5.74) is -0.0298. The number of halogens is 1. The molecule has 4 atom stereocenters.